The van der Waals surface area contributed by atoms with E-state index >= 15 is 0 Å². The van der Waals surface area contributed by atoms with Gasteiger partial charge in [0.25, 0.3) is 5.91 Å². The van der Waals surface area contributed by atoms with E-state index in [2.05, 4.69) is 21.2 Å². The summed E-state index contributed by atoms with van der Waals surface area (Å²) in [5.41, 5.74) is -1.00. The van der Waals surface area contributed by atoms with Crippen LogP contribution in [0.5, 0.6) is 0 Å². The van der Waals surface area contributed by atoms with Gasteiger partial charge in [-0.05, 0) is 18.2 Å². The minimum atomic E-state index is -4.53. The first-order valence-corrected chi connectivity index (χ1v) is 5.67. The molecule has 18 heavy (non-hydrogen) atoms. The van der Waals surface area contributed by atoms with Gasteiger partial charge in [-0.2, -0.15) is 18.4 Å². The molecule has 0 fully saturated rings. The van der Waals surface area contributed by atoms with Crippen molar-refractivity contribution >= 4 is 21.8 Å². The molecule has 0 aliphatic heterocycles. The molecule has 1 aromatic rings. The van der Waals surface area contributed by atoms with Crippen molar-refractivity contribution in [2.24, 2.45) is 0 Å². The predicted octanol–water partition coefficient (Wildman–Crippen LogP) is 3.11. The van der Waals surface area contributed by atoms with Crippen LogP contribution in [0.3, 0.4) is 0 Å². The number of amides is 1. The average Bonchev–Trinajstić information content (AvgIpc) is 2.28. The molecule has 0 aliphatic carbocycles. The molecule has 7 heteroatoms. The van der Waals surface area contributed by atoms with Gasteiger partial charge in [-0.1, -0.05) is 15.9 Å². The smallest absolute Gasteiger partial charge is 0.351 e. The Kier molecular flexibility index (Phi) is 4.73. The van der Waals surface area contributed by atoms with E-state index in [0.29, 0.717) is 0 Å². The second-order valence-electron chi connectivity index (χ2n) is 3.36. The molecule has 1 amide bonds. The van der Waals surface area contributed by atoms with Crippen LogP contribution in [-0.4, -0.2) is 12.5 Å². The maximum atomic E-state index is 12.6. The highest BCUT2D eigenvalue weighted by molar-refractivity contribution is 9.10. The lowest BCUT2D eigenvalue weighted by atomic mass is 10.1. The van der Waals surface area contributed by atoms with Gasteiger partial charge in [0.2, 0.25) is 0 Å². The van der Waals surface area contributed by atoms with Crippen molar-refractivity contribution in [2.75, 3.05) is 6.54 Å². The Morgan fingerprint density at radius 2 is 2.11 bits per heavy atom. The van der Waals surface area contributed by atoms with Crippen LogP contribution in [0.1, 0.15) is 22.3 Å². The zero-order valence-corrected chi connectivity index (χ0v) is 10.6. The molecule has 0 aromatic heterocycles. The summed E-state index contributed by atoms with van der Waals surface area (Å²) in [5, 5.41) is 10.6. The lowest BCUT2D eigenvalue weighted by molar-refractivity contribution is -0.138. The van der Waals surface area contributed by atoms with E-state index in [1.165, 1.54) is 12.1 Å². The first kappa shape index (κ1) is 14.5. The van der Waals surface area contributed by atoms with Crippen LogP contribution in [-0.2, 0) is 6.18 Å². The van der Waals surface area contributed by atoms with Crippen molar-refractivity contribution in [3.8, 4) is 6.07 Å². The summed E-state index contributed by atoms with van der Waals surface area (Å²) in [7, 11) is 0. The fraction of sp³-hybridized carbons (Fsp3) is 0.273. The molecule has 0 spiro atoms. The Labute approximate surface area is 110 Å². The van der Waals surface area contributed by atoms with Gasteiger partial charge in [0.1, 0.15) is 0 Å². The summed E-state index contributed by atoms with van der Waals surface area (Å²) in [4.78, 5) is 11.5. The number of hydrogen-bond donors (Lipinski definition) is 1. The quantitative estimate of drug-likeness (QED) is 0.870. The standard InChI is InChI=1S/C11H8BrF3N2O/c12-9-3-2-7(6-8(9)11(13,14)15)10(18)17-5-1-4-16/h2-3,6H,1,5H2,(H,17,18). The number of nitrogens with one attached hydrogen (secondary N) is 1. The molecule has 0 atom stereocenters. The fourth-order valence-electron chi connectivity index (χ4n) is 1.22. The topological polar surface area (TPSA) is 52.9 Å². The van der Waals surface area contributed by atoms with Crippen molar-refractivity contribution < 1.29 is 18.0 Å². The van der Waals surface area contributed by atoms with Crippen LogP contribution >= 0.6 is 15.9 Å². The molecule has 0 unspecified atom stereocenters. The molecule has 0 radical (unpaired) electrons. The van der Waals surface area contributed by atoms with E-state index in [0.717, 1.165) is 6.07 Å². The number of halogens is 4. The number of carbonyl (C=O) groups is 1. The number of benzene rings is 1. The minimum Gasteiger partial charge on any atom is -0.351 e. The molecule has 0 heterocycles. The van der Waals surface area contributed by atoms with Crippen LogP contribution < -0.4 is 5.32 Å². The van der Waals surface area contributed by atoms with Gasteiger partial charge >= 0.3 is 6.18 Å². The maximum absolute atomic E-state index is 12.6. The van der Waals surface area contributed by atoms with E-state index in [1.807, 2.05) is 6.07 Å². The third-order valence-corrected chi connectivity index (χ3v) is 2.75. The monoisotopic (exact) mass is 320 g/mol. The zero-order valence-electron chi connectivity index (χ0n) is 9.01. The van der Waals surface area contributed by atoms with E-state index < -0.39 is 17.6 Å². The van der Waals surface area contributed by atoms with E-state index in [9.17, 15) is 18.0 Å². The number of carbonyl (C=O) groups excluding carboxylic acids is 1. The number of rotatable bonds is 3. The van der Waals surface area contributed by atoms with Crippen LogP contribution in [0.4, 0.5) is 13.2 Å². The van der Waals surface area contributed by atoms with E-state index in [1.54, 1.807) is 0 Å². The first-order chi connectivity index (χ1) is 8.36. The molecule has 0 saturated carbocycles. The highest BCUT2D eigenvalue weighted by Crippen LogP contribution is 2.35. The average molecular weight is 321 g/mol. The van der Waals surface area contributed by atoms with Crippen LogP contribution in [0.15, 0.2) is 22.7 Å². The van der Waals surface area contributed by atoms with Crippen molar-refractivity contribution in [1.29, 1.82) is 5.26 Å². The van der Waals surface area contributed by atoms with E-state index in [4.69, 9.17) is 5.26 Å². The summed E-state index contributed by atoms with van der Waals surface area (Å²) >= 11 is 2.78. The fourth-order valence-corrected chi connectivity index (χ4v) is 1.69. The first-order valence-electron chi connectivity index (χ1n) is 4.88. The van der Waals surface area contributed by atoms with Gasteiger partial charge in [0.05, 0.1) is 18.1 Å². The molecule has 1 aromatic carbocycles. The van der Waals surface area contributed by atoms with Crippen LogP contribution in [0.2, 0.25) is 0 Å². The predicted molar refractivity (Wildman–Crippen MR) is 61.7 cm³/mol. The largest absolute Gasteiger partial charge is 0.417 e. The SMILES string of the molecule is N#CCCNC(=O)c1ccc(Br)c(C(F)(F)F)c1. The van der Waals surface area contributed by atoms with Crippen molar-refractivity contribution in [3.05, 3.63) is 33.8 Å². The molecule has 96 valence electrons. The Hall–Kier alpha value is -1.55. The summed E-state index contributed by atoms with van der Waals surface area (Å²) in [6, 6.07) is 5.03. The zero-order chi connectivity index (χ0) is 13.8. The van der Waals surface area contributed by atoms with Gasteiger partial charge in [-0.3, -0.25) is 4.79 Å². The number of alkyl halides is 3. The highest BCUT2D eigenvalue weighted by Gasteiger charge is 2.33. The maximum Gasteiger partial charge on any atom is 0.417 e. The van der Waals surface area contributed by atoms with Crippen LogP contribution in [0, 0.1) is 11.3 Å². The third kappa shape index (κ3) is 3.74. The van der Waals surface area contributed by atoms with Crippen molar-refractivity contribution in [2.45, 2.75) is 12.6 Å². The Morgan fingerprint density at radius 1 is 1.44 bits per heavy atom. The second kappa shape index (κ2) is 5.87. The third-order valence-electron chi connectivity index (χ3n) is 2.06. The van der Waals surface area contributed by atoms with Gasteiger partial charge in [0.15, 0.2) is 0 Å². The lowest BCUT2D eigenvalue weighted by Crippen LogP contribution is -2.24. The summed E-state index contributed by atoms with van der Waals surface area (Å²) in [6.45, 7) is 0.104. The lowest BCUT2D eigenvalue weighted by Gasteiger charge is -2.11. The van der Waals surface area contributed by atoms with E-state index in [-0.39, 0.29) is 23.0 Å². The van der Waals surface area contributed by atoms with Gasteiger partial charge in [-0.25, -0.2) is 0 Å². The van der Waals surface area contributed by atoms with Crippen molar-refractivity contribution in [3.63, 3.8) is 0 Å². The molecule has 0 aliphatic rings. The van der Waals surface area contributed by atoms with Gasteiger partial charge < -0.3 is 5.32 Å². The number of hydrogen-bond acceptors (Lipinski definition) is 2. The Morgan fingerprint density at radius 3 is 2.67 bits per heavy atom. The van der Waals surface area contributed by atoms with Crippen LogP contribution in [0.25, 0.3) is 0 Å². The number of nitrogens with zero attached hydrogens (tertiary/aromatic N) is 1. The number of nitriles is 1. The summed E-state index contributed by atoms with van der Waals surface area (Å²) in [5.74, 6) is -0.636. The van der Waals surface area contributed by atoms with Gasteiger partial charge in [0, 0.05) is 16.6 Å². The normalized spacial score (nSPS) is 10.8. The Balaban J connectivity index is 2.92. The van der Waals surface area contributed by atoms with Gasteiger partial charge in [-0.15, -0.1) is 0 Å². The Bertz CT molecular complexity index is 494. The molecule has 0 saturated heterocycles. The molecule has 0 bridgehead atoms. The van der Waals surface area contributed by atoms with Crippen molar-refractivity contribution in [1.82, 2.24) is 5.32 Å². The highest BCUT2D eigenvalue weighted by atomic mass is 79.9. The summed E-state index contributed by atoms with van der Waals surface area (Å²) < 4.78 is 37.7. The molecule has 1 rings (SSSR count). The molecular weight excluding hydrogens is 313 g/mol. The molecule has 3 nitrogen and oxygen atoms in total. The molecule has 1 N–H and O–H groups in total. The summed E-state index contributed by atoms with van der Waals surface area (Å²) in [6.07, 6.45) is -4.42. The minimum absolute atomic E-state index is 0.0940. The molecular formula is C11H8BrF3N2O. The second-order valence-corrected chi connectivity index (χ2v) is 4.21.